The van der Waals surface area contributed by atoms with E-state index < -0.39 is 23.8 Å². The Hall–Kier alpha value is -4.07. The first-order valence-electron chi connectivity index (χ1n) is 14.3. The number of methoxy groups -OCH3 is 1. The number of benzene rings is 2. The Balaban J connectivity index is 1.56. The number of allylic oxidation sites excluding steroid dienone is 2. The van der Waals surface area contributed by atoms with Crippen molar-refractivity contribution in [1.82, 2.24) is 5.32 Å². The maximum absolute atomic E-state index is 14.0. The Kier molecular flexibility index (Phi) is 8.47. The van der Waals surface area contributed by atoms with Gasteiger partial charge in [0, 0.05) is 36.2 Å². The van der Waals surface area contributed by atoms with Gasteiger partial charge < -0.3 is 24.3 Å². The standard InChI is InChI=1S/C33H37NO7/c1-5-39-29-18-22(12-15-28(29)40-20(3)35)31-30(33(37)41-25-8-6-7-9-25)19(2)34-26-16-23(17-27(36)32(26)31)21-10-13-24(38-4)14-11-21/h10-15,18,23,25,30-31,34H,2,5-9,16-17H2,1,3-4H3. The monoisotopic (exact) mass is 559 g/mol. The summed E-state index contributed by atoms with van der Waals surface area (Å²) in [5.41, 5.74) is 3.58. The molecule has 1 aliphatic heterocycles. The summed E-state index contributed by atoms with van der Waals surface area (Å²) in [5, 5.41) is 3.34. The first kappa shape index (κ1) is 28.5. The number of hydrogen-bond donors (Lipinski definition) is 1. The third kappa shape index (κ3) is 6.01. The molecule has 216 valence electrons. The van der Waals surface area contributed by atoms with Crippen molar-refractivity contribution in [1.29, 1.82) is 0 Å². The van der Waals surface area contributed by atoms with E-state index in [1.807, 2.05) is 31.2 Å². The van der Waals surface area contributed by atoms with E-state index in [1.165, 1.54) is 6.92 Å². The lowest BCUT2D eigenvalue weighted by atomic mass is 9.69. The molecule has 2 aromatic carbocycles. The summed E-state index contributed by atoms with van der Waals surface area (Å²) < 4.78 is 22.4. The molecule has 8 heteroatoms. The third-order valence-corrected chi connectivity index (χ3v) is 8.15. The average molecular weight is 560 g/mol. The Morgan fingerprint density at radius 3 is 2.37 bits per heavy atom. The molecule has 0 radical (unpaired) electrons. The van der Waals surface area contributed by atoms with E-state index in [2.05, 4.69) is 11.9 Å². The molecule has 1 saturated carbocycles. The number of ketones is 1. The highest BCUT2D eigenvalue weighted by atomic mass is 16.6. The first-order chi connectivity index (χ1) is 19.8. The molecular weight excluding hydrogens is 522 g/mol. The second kappa shape index (κ2) is 12.2. The second-order valence-corrected chi connectivity index (χ2v) is 10.9. The Morgan fingerprint density at radius 1 is 1.00 bits per heavy atom. The van der Waals surface area contributed by atoms with Gasteiger partial charge in [-0.1, -0.05) is 24.8 Å². The van der Waals surface area contributed by atoms with E-state index >= 15 is 0 Å². The number of rotatable bonds is 8. The molecule has 2 aliphatic carbocycles. The van der Waals surface area contributed by atoms with Gasteiger partial charge in [-0.3, -0.25) is 14.4 Å². The van der Waals surface area contributed by atoms with Crippen LogP contribution >= 0.6 is 0 Å². The van der Waals surface area contributed by atoms with Crippen LogP contribution in [0, 0.1) is 5.92 Å². The minimum Gasteiger partial charge on any atom is -0.497 e. The Bertz CT molecular complexity index is 1370. The smallest absolute Gasteiger partial charge is 0.316 e. The lowest BCUT2D eigenvalue weighted by molar-refractivity contribution is -0.153. The van der Waals surface area contributed by atoms with Crippen LogP contribution in [0.1, 0.15) is 75.3 Å². The van der Waals surface area contributed by atoms with Gasteiger partial charge in [0.05, 0.1) is 13.7 Å². The predicted octanol–water partition coefficient (Wildman–Crippen LogP) is 5.72. The number of carbonyl (C=O) groups excluding carboxylic acids is 3. The fourth-order valence-electron chi connectivity index (χ4n) is 6.27. The van der Waals surface area contributed by atoms with Crippen LogP contribution < -0.4 is 19.5 Å². The maximum atomic E-state index is 14.0. The molecule has 1 N–H and O–H groups in total. The molecular formula is C33H37NO7. The Morgan fingerprint density at radius 2 is 1.71 bits per heavy atom. The van der Waals surface area contributed by atoms with Crippen LogP contribution in [0.15, 0.2) is 66.0 Å². The van der Waals surface area contributed by atoms with Gasteiger partial charge >= 0.3 is 11.9 Å². The molecule has 3 atom stereocenters. The first-order valence-corrected chi connectivity index (χ1v) is 14.3. The number of ether oxygens (including phenoxy) is 4. The molecule has 41 heavy (non-hydrogen) atoms. The highest BCUT2D eigenvalue weighted by molar-refractivity contribution is 6.01. The zero-order chi connectivity index (χ0) is 29.1. The van der Waals surface area contributed by atoms with Gasteiger partial charge in [-0.15, -0.1) is 0 Å². The molecule has 0 bridgehead atoms. The van der Waals surface area contributed by atoms with E-state index in [0.717, 1.165) is 42.7 Å². The fraction of sp³-hybridized carbons (Fsp3) is 0.424. The van der Waals surface area contributed by atoms with Crippen LogP contribution in [-0.2, 0) is 19.1 Å². The van der Waals surface area contributed by atoms with E-state index in [-0.39, 0.29) is 23.6 Å². The maximum Gasteiger partial charge on any atom is 0.316 e. The van der Waals surface area contributed by atoms with Crippen molar-refractivity contribution in [2.45, 2.75) is 70.3 Å². The molecule has 0 aromatic heterocycles. The van der Waals surface area contributed by atoms with Gasteiger partial charge in [-0.05, 0) is 80.3 Å². The van der Waals surface area contributed by atoms with Crippen LogP contribution in [0.25, 0.3) is 0 Å². The van der Waals surface area contributed by atoms with E-state index in [9.17, 15) is 14.4 Å². The normalized spacial score (nSPS) is 22.6. The van der Waals surface area contributed by atoms with Crippen molar-refractivity contribution in [3.05, 3.63) is 77.1 Å². The molecule has 5 rings (SSSR count). The van der Waals surface area contributed by atoms with Crippen molar-refractivity contribution >= 4 is 17.7 Å². The van der Waals surface area contributed by atoms with Crippen LogP contribution in [-0.4, -0.2) is 37.5 Å². The van der Waals surface area contributed by atoms with Gasteiger partial charge in [0.1, 0.15) is 17.8 Å². The quantitative estimate of drug-likeness (QED) is 0.324. The summed E-state index contributed by atoms with van der Waals surface area (Å²) in [6.07, 6.45) is 4.51. The van der Waals surface area contributed by atoms with Gasteiger partial charge in [-0.2, -0.15) is 0 Å². The van der Waals surface area contributed by atoms with Gasteiger partial charge in [0.2, 0.25) is 0 Å². The minimum absolute atomic E-state index is 0.0274. The van der Waals surface area contributed by atoms with Gasteiger partial charge in [-0.25, -0.2) is 0 Å². The number of carbonyl (C=O) groups is 3. The topological polar surface area (TPSA) is 100 Å². The van der Waals surface area contributed by atoms with Gasteiger partial charge in [0.15, 0.2) is 17.3 Å². The van der Waals surface area contributed by atoms with E-state index in [1.54, 1.807) is 25.3 Å². The summed E-state index contributed by atoms with van der Waals surface area (Å²) in [6.45, 7) is 7.75. The molecule has 1 heterocycles. The largest absolute Gasteiger partial charge is 0.497 e. The molecule has 0 amide bonds. The Labute approximate surface area is 240 Å². The molecule has 8 nitrogen and oxygen atoms in total. The van der Waals surface area contributed by atoms with Crippen molar-refractivity contribution in [2.24, 2.45) is 5.92 Å². The summed E-state index contributed by atoms with van der Waals surface area (Å²) in [4.78, 5) is 39.4. The SMILES string of the molecule is C=C1NC2=C(C(=O)CC(c3ccc(OC)cc3)C2)C(c2ccc(OC(C)=O)c(OCC)c2)C1C(=O)OC1CCCC1. The molecule has 0 saturated heterocycles. The van der Waals surface area contributed by atoms with Crippen LogP contribution in [0.3, 0.4) is 0 Å². The summed E-state index contributed by atoms with van der Waals surface area (Å²) in [7, 11) is 1.62. The zero-order valence-electron chi connectivity index (χ0n) is 23.9. The van der Waals surface area contributed by atoms with E-state index in [0.29, 0.717) is 42.0 Å². The third-order valence-electron chi connectivity index (χ3n) is 8.15. The van der Waals surface area contributed by atoms with Crippen LogP contribution in [0.5, 0.6) is 17.2 Å². The minimum atomic E-state index is -0.801. The number of Topliss-reactive ketones (excluding diaryl/α,β-unsaturated/α-hetero) is 1. The van der Waals surface area contributed by atoms with E-state index in [4.69, 9.17) is 18.9 Å². The summed E-state index contributed by atoms with van der Waals surface area (Å²) in [5.74, 6) is -0.933. The zero-order valence-corrected chi connectivity index (χ0v) is 23.9. The molecule has 1 fully saturated rings. The average Bonchev–Trinajstić information content (AvgIpc) is 3.46. The van der Waals surface area contributed by atoms with Crippen LogP contribution in [0.2, 0.25) is 0 Å². The summed E-state index contributed by atoms with van der Waals surface area (Å²) in [6, 6.07) is 13.0. The van der Waals surface area contributed by atoms with Gasteiger partial charge in [0.25, 0.3) is 0 Å². The molecule has 0 spiro atoms. The number of hydrogen-bond acceptors (Lipinski definition) is 8. The number of nitrogens with one attached hydrogen (secondary N) is 1. The highest BCUT2D eigenvalue weighted by Crippen LogP contribution is 2.48. The molecule has 3 unspecified atom stereocenters. The lowest BCUT2D eigenvalue weighted by Crippen LogP contribution is -2.42. The summed E-state index contributed by atoms with van der Waals surface area (Å²) >= 11 is 0. The van der Waals surface area contributed by atoms with Crippen molar-refractivity contribution in [3.63, 3.8) is 0 Å². The fourth-order valence-corrected chi connectivity index (χ4v) is 6.27. The predicted molar refractivity (Wildman–Crippen MR) is 153 cm³/mol. The highest BCUT2D eigenvalue weighted by Gasteiger charge is 2.46. The van der Waals surface area contributed by atoms with Crippen molar-refractivity contribution in [2.75, 3.05) is 13.7 Å². The molecule has 3 aliphatic rings. The molecule has 2 aromatic rings. The second-order valence-electron chi connectivity index (χ2n) is 10.9. The lowest BCUT2D eigenvalue weighted by Gasteiger charge is -2.40. The van der Waals surface area contributed by atoms with Crippen LogP contribution in [0.4, 0.5) is 0 Å². The van der Waals surface area contributed by atoms with Crippen molar-refractivity contribution < 1.29 is 33.3 Å². The number of esters is 2. The van der Waals surface area contributed by atoms with Crippen molar-refractivity contribution in [3.8, 4) is 17.2 Å².